The first-order valence-electron chi connectivity index (χ1n) is 12.0. The minimum Gasteiger partial charge on any atom is -0.506 e. The number of aromatic hydroxyl groups is 1. The first kappa shape index (κ1) is 24.3. The van der Waals surface area contributed by atoms with Gasteiger partial charge in [-0.1, -0.05) is 38.8 Å². The number of amides is 2. The van der Waals surface area contributed by atoms with Crippen LogP contribution < -0.4 is 15.8 Å². The third-order valence-corrected chi connectivity index (χ3v) is 6.96. The van der Waals surface area contributed by atoms with Crippen LogP contribution in [0.3, 0.4) is 0 Å². The molecular weight excluding hydrogens is 440 g/mol. The summed E-state index contributed by atoms with van der Waals surface area (Å²) in [5, 5.41) is 13.1. The Labute approximate surface area is 206 Å². The fourth-order valence-corrected chi connectivity index (χ4v) is 5.48. The molecule has 6 heteroatoms. The van der Waals surface area contributed by atoms with Gasteiger partial charge in [-0.15, -0.1) is 0 Å². The van der Waals surface area contributed by atoms with E-state index in [2.05, 4.69) is 19.2 Å². The van der Waals surface area contributed by atoms with E-state index in [0.717, 1.165) is 53.5 Å². The molecule has 0 aromatic heterocycles. The van der Waals surface area contributed by atoms with E-state index in [-0.39, 0.29) is 17.1 Å². The molecule has 0 bridgehead atoms. The summed E-state index contributed by atoms with van der Waals surface area (Å²) in [7, 11) is 1.54. The molecule has 6 nitrogen and oxygen atoms in total. The van der Waals surface area contributed by atoms with Crippen LogP contribution in [0.15, 0.2) is 48.5 Å². The Morgan fingerprint density at radius 2 is 1.66 bits per heavy atom. The Hall–Kier alpha value is -3.80. The number of nitrogens with two attached hydrogens (primary N) is 1. The average Bonchev–Trinajstić information content (AvgIpc) is 3.09. The maximum atomic E-state index is 13.4. The summed E-state index contributed by atoms with van der Waals surface area (Å²) < 4.78 is 5.65. The van der Waals surface area contributed by atoms with Crippen molar-refractivity contribution in [3.63, 3.8) is 0 Å². The number of methoxy groups -OCH3 is 1. The van der Waals surface area contributed by atoms with Crippen molar-refractivity contribution >= 4 is 17.5 Å². The predicted octanol–water partition coefficient (Wildman–Crippen LogP) is 5.93. The van der Waals surface area contributed by atoms with Gasteiger partial charge in [0.15, 0.2) is 0 Å². The number of carbonyl (C=O) groups is 2. The van der Waals surface area contributed by atoms with Gasteiger partial charge in [0.25, 0.3) is 5.91 Å². The molecule has 0 aliphatic heterocycles. The van der Waals surface area contributed by atoms with Crippen LogP contribution in [0.2, 0.25) is 0 Å². The van der Waals surface area contributed by atoms with Crippen molar-refractivity contribution in [2.75, 3.05) is 12.4 Å². The SMILES string of the molecule is CCCC1(CCC)c2cc(C(N)=O)ccc2-c2cc(OC)c(C(=O)Nc3cc(C)ccc3O)cc21. The van der Waals surface area contributed by atoms with Crippen LogP contribution in [0.4, 0.5) is 5.69 Å². The van der Waals surface area contributed by atoms with Crippen LogP contribution >= 0.6 is 0 Å². The smallest absolute Gasteiger partial charge is 0.259 e. The summed E-state index contributed by atoms with van der Waals surface area (Å²) in [6.07, 6.45) is 3.61. The van der Waals surface area contributed by atoms with E-state index < -0.39 is 5.91 Å². The number of rotatable bonds is 8. The lowest BCUT2D eigenvalue weighted by Crippen LogP contribution is -2.26. The number of nitrogens with one attached hydrogen (secondary N) is 1. The molecule has 3 aromatic carbocycles. The molecule has 0 spiro atoms. The van der Waals surface area contributed by atoms with Crippen molar-refractivity contribution in [2.45, 2.75) is 51.9 Å². The molecule has 0 radical (unpaired) electrons. The van der Waals surface area contributed by atoms with Crippen molar-refractivity contribution in [2.24, 2.45) is 5.73 Å². The molecule has 0 saturated heterocycles. The van der Waals surface area contributed by atoms with E-state index in [0.29, 0.717) is 22.6 Å². The normalized spacial score (nSPS) is 13.1. The number of phenols is 1. The van der Waals surface area contributed by atoms with Crippen LogP contribution in [0.5, 0.6) is 11.5 Å². The standard InChI is InChI=1S/C29H32N2O4/c1-5-11-29(12-6-2)22-14-18(27(30)33)8-9-19(22)20-16-26(35-4)21(15-23(20)29)28(34)31-24-13-17(3)7-10-25(24)32/h7-10,13-16,32H,5-6,11-12H2,1-4H3,(H2,30,33)(H,31,34). The summed E-state index contributed by atoms with van der Waals surface area (Å²) in [6, 6.07) is 14.5. The Kier molecular flexibility index (Phi) is 6.57. The molecule has 0 unspecified atom stereocenters. The monoisotopic (exact) mass is 472 g/mol. The second kappa shape index (κ2) is 9.45. The summed E-state index contributed by atoms with van der Waals surface area (Å²) in [4.78, 5) is 25.4. The molecule has 0 atom stereocenters. The number of anilines is 1. The predicted molar refractivity (Wildman–Crippen MR) is 138 cm³/mol. The number of hydrogen-bond acceptors (Lipinski definition) is 4. The fourth-order valence-electron chi connectivity index (χ4n) is 5.48. The third kappa shape index (κ3) is 4.14. The van der Waals surface area contributed by atoms with E-state index in [9.17, 15) is 14.7 Å². The number of aryl methyl sites for hydroxylation is 1. The van der Waals surface area contributed by atoms with Crippen LogP contribution in [0.1, 0.15) is 76.9 Å². The van der Waals surface area contributed by atoms with Crippen molar-refractivity contribution in [3.05, 3.63) is 76.3 Å². The number of primary amides is 1. The minimum absolute atomic E-state index is 0.00164. The van der Waals surface area contributed by atoms with Crippen LogP contribution in [0, 0.1) is 6.92 Å². The zero-order valence-electron chi connectivity index (χ0n) is 20.7. The van der Waals surface area contributed by atoms with Gasteiger partial charge in [0, 0.05) is 11.0 Å². The topological polar surface area (TPSA) is 102 Å². The first-order chi connectivity index (χ1) is 16.7. The molecule has 1 aliphatic rings. The highest BCUT2D eigenvalue weighted by molar-refractivity contribution is 6.08. The summed E-state index contributed by atoms with van der Waals surface area (Å²) in [6.45, 7) is 6.18. The summed E-state index contributed by atoms with van der Waals surface area (Å²) in [5.74, 6) is -0.369. The lowest BCUT2D eigenvalue weighted by Gasteiger charge is -2.32. The lowest BCUT2D eigenvalue weighted by molar-refractivity contribution is 0.0997. The van der Waals surface area contributed by atoms with E-state index in [4.69, 9.17) is 10.5 Å². The zero-order chi connectivity index (χ0) is 25.3. The Morgan fingerprint density at radius 3 is 2.29 bits per heavy atom. The molecule has 2 amide bonds. The highest BCUT2D eigenvalue weighted by atomic mass is 16.5. The number of carbonyl (C=O) groups excluding carboxylic acids is 2. The molecule has 35 heavy (non-hydrogen) atoms. The molecule has 0 saturated carbocycles. The lowest BCUT2D eigenvalue weighted by atomic mass is 9.71. The van der Waals surface area contributed by atoms with Gasteiger partial charge in [-0.25, -0.2) is 0 Å². The van der Waals surface area contributed by atoms with Gasteiger partial charge in [-0.3, -0.25) is 9.59 Å². The van der Waals surface area contributed by atoms with Crippen molar-refractivity contribution in [1.29, 1.82) is 0 Å². The maximum Gasteiger partial charge on any atom is 0.259 e. The fraction of sp³-hybridized carbons (Fsp3) is 0.310. The summed E-state index contributed by atoms with van der Waals surface area (Å²) >= 11 is 0. The second-order valence-corrected chi connectivity index (χ2v) is 9.28. The molecule has 4 rings (SSSR count). The molecule has 3 aromatic rings. The van der Waals surface area contributed by atoms with Gasteiger partial charge in [0.05, 0.1) is 18.4 Å². The van der Waals surface area contributed by atoms with Gasteiger partial charge in [-0.05, 0) is 84.0 Å². The van der Waals surface area contributed by atoms with E-state index in [1.807, 2.05) is 31.2 Å². The van der Waals surface area contributed by atoms with Crippen molar-refractivity contribution in [3.8, 4) is 22.6 Å². The van der Waals surface area contributed by atoms with Gasteiger partial charge in [0.1, 0.15) is 11.5 Å². The number of hydrogen-bond donors (Lipinski definition) is 3. The quantitative estimate of drug-likeness (QED) is 0.354. The number of benzene rings is 3. The molecule has 1 aliphatic carbocycles. The Bertz CT molecular complexity index is 1310. The molecule has 4 N–H and O–H groups in total. The zero-order valence-corrected chi connectivity index (χ0v) is 20.7. The molecule has 0 fully saturated rings. The number of fused-ring (bicyclic) bond motifs is 3. The first-order valence-corrected chi connectivity index (χ1v) is 12.0. The largest absolute Gasteiger partial charge is 0.506 e. The van der Waals surface area contributed by atoms with Gasteiger partial charge in [-0.2, -0.15) is 0 Å². The molecule has 182 valence electrons. The van der Waals surface area contributed by atoms with Gasteiger partial charge >= 0.3 is 0 Å². The summed E-state index contributed by atoms with van der Waals surface area (Å²) in [5.41, 5.74) is 11.6. The van der Waals surface area contributed by atoms with Crippen molar-refractivity contribution in [1.82, 2.24) is 0 Å². The third-order valence-electron chi connectivity index (χ3n) is 6.96. The van der Waals surface area contributed by atoms with E-state index in [1.54, 1.807) is 31.4 Å². The molecule has 0 heterocycles. The highest BCUT2D eigenvalue weighted by Gasteiger charge is 2.43. The minimum atomic E-state index is -0.457. The number of ether oxygens (including phenoxy) is 1. The Balaban J connectivity index is 1.90. The molecular formula is C29H32N2O4. The second-order valence-electron chi connectivity index (χ2n) is 9.28. The van der Waals surface area contributed by atoms with E-state index >= 15 is 0 Å². The van der Waals surface area contributed by atoms with Crippen LogP contribution in [0.25, 0.3) is 11.1 Å². The van der Waals surface area contributed by atoms with Crippen LogP contribution in [-0.4, -0.2) is 24.0 Å². The number of phenolic OH excluding ortho intramolecular Hbond substituents is 1. The highest BCUT2D eigenvalue weighted by Crippen LogP contribution is 2.55. The van der Waals surface area contributed by atoms with Crippen LogP contribution in [-0.2, 0) is 5.41 Å². The van der Waals surface area contributed by atoms with Gasteiger partial charge in [0.2, 0.25) is 5.91 Å². The maximum absolute atomic E-state index is 13.4. The van der Waals surface area contributed by atoms with Crippen molar-refractivity contribution < 1.29 is 19.4 Å². The average molecular weight is 473 g/mol. The van der Waals surface area contributed by atoms with Gasteiger partial charge < -0.3 is 20.9 Å². The Morgan fingerprint density at radius 1 is 0.971 bits per heavy atom. The van der Waals surface area contributed by atoms with E-state index in [1.165, 1.54) is 0 Å².